The second-order valence-corrected chi connectivity index (χ2v) is 20.6. The average molecular weight is 1020 g/mol. The number of allylic oxidation sites excluding steroid dienone is 16. The molecule has 418 valence electrons. The van der Waals surface area contributed by atoms with Crippen LogP contribution in [0.1, 0.15) is 232 Å². The Bertz CT molecular complexity index is 1520. The van der Waals surface area contributed by atoms with Gasteiger partial charge in [-0.25, -0.2) is 4.79 Å². The summed E-state index contributed by atoms with van der Waals surface area (Å²) in [5.74, 6) is -2.06. The van der Waals surface area contributed by atoms with E-state index in [1.165, 1.54) is 116 Å². The summed E-state index contributed by atoms with van der Waals surface area (Å²) in [4.78, 5) is 37.4. The molecule has 2 unspecified atom stereocenters. The lowest BCUT2D eigenvalue weighted by molar-refractivity contribution is -0.870. The largest absolute Gasteiger partial charge is 0.477 e. The lowest BCUT2D eigenvalue weighted by Gasteiger charge is -2.25. The second-order valence-electron chi connectivity index (χ2n) is 20.6. The Kier molecular flexibility index (Phi) is 51.6. The Morgan fingerprint density at radius 3 is 1.18 bits per heavy atom. The van der Waals surface area contributed by atoms with Gasteiger partial charge >= 0.3 is 17.9 Å². The molecule has 0 spiro atoms. The maximum absolute atomic E-state index is 12.8. The third-order valence-electron chi connectivity index (χ3n) is 12.3. The van der Waals surface area contributed by atoms with Crippen LogP contribution >= 0.6 is 0 Å². The van der Waals surface area contributed by atoms with Crippen LogP contribution in [0.4, 0.5) is 0 Å². The van der Waals surface area contributed by atoms with Gasteiger partial charge in [0.15, 0.2) is 6.10 Å². The molecule has 0 heterocycles. The van der Waals surface area contributed by atoms with E-state index in [1.54, 1.807) is 0 Å². The van der Waals surface area contributed by atoms with Gasteiger partial charge in [-0.2, -0.15) is 0 Å². The molecule has 0 aliphatic carbocycles. The third kappa shape index (κ3) is 55.8. The number of quaternary nitrogens is 1. The van der Waals surface area contributed by atoms with E-state index in [-0.39, 0.29) is 38.6 Å². The highest BCUT2D eigenvalue weighted by Gasteiger charge is 2.25. The smallest absolute Gasteiger partial charge is 0.361 e. The van der Waals surface area contributed by atoms with Crippen LogP contribution in [0.3, 0.4) is 0 Å². The highest BCUT2D eigenvalue weighted by molar-refractivity contribution is 5.71. The minimum atomic E-state index is -1.52. The summed E-state index contributed by atoms with van der Waals surface area (Å²) in [5, 5.41) is 9.70. The van der Waals surface area contributed by atoms with E-state index in [1.807, 2.05) is 21.1 Å². The molecule has 0 aliphatic heterocycles. The summed E-state index contributed by atoms with van der Waals surface area (Å²) >= 11 is 0. The van der Waals surface area contributed by atoms with Crippen LogP contribution in [0.5, 0.6) is 0 Å². The van der Waals surface area contributed by atoms with Gasteiger partial charge in [0.25, 0.3) is 6.29 Å². The maximum Gasteiger partial charge on any atom is 0.361 e. The summed E-state index contributed by atoms with van der Waals surface area (Å²) in [6.45, 7) is 4.71. The highest BCUT2D eigenvalue weighted by atomic mass is 16.7. The van der Waals surface area contributed by atoms with Crippen LogP contribution in [0.15, 0.2) is 97.2 Å². The molecule has 2 atom stereocenters. The van der Waals surface area contributed by atoms with Crippen molar-refractivity contribution in [2.75, 3.05) is 47.5 Å². The van der Waals surface area contributed by atoms with E-state index >= 15 is 0 Å². The van der Waals surface area contributed by atoms with Crippen molar-refractivity contribution in [2.45, 2.75) is 245 Å². The normalized spacial score (nSPS) is 13.5. The maximum atomic E-state index is 12.8. The van der Waals surface area contributed by atoms with Crippen LogP contribution in [-0.2, 0) is 33.3 Å². The summed E-state index contributed by atoms with van der Waals surface area (Å²) in [6.07, 6.45) is 70.6. The Balaban J connectivity index is 4.25. The number of aliphatic carboxylic acids is 1. The van der Waals surface area contributed by atoms with Gasteiger partial charge < -0.3 is 28.5 Å². The number of carbonyl (C=O) groups is 3. The summed E-state index contributed by atoms with van der Waals surface area (Å²) in [7, 11) is 5.95. The number of ether oxygens (including phenoxy) is 4. The summed E-state index contributed by atoms with van der Waals surface area (Å²) in [6, 6.07) is 0. The van der Waals surface area contributed by atoms with Gasteiger partial charge in [-0.3, -0.25) is 9.59 Å². The van der Waals surface area contributed by atoms with Gasteiger partial charge in [0, 0.05) is 12.8 Å². The molecule has 73 heavy (non-hydrogen) atoms. The molecule has 9 heteroatoms. The zero-order valence-corrected chi connectivity index (χ0v) is 47.5. The molecule has 0 aromatic rings. The van der Waals surface area contributed by atoms with Gasteiger partial charge in [0.1, 0.15) is 13.2 Å². The monoisotopic (exact) mass is 1020 g/mol. The molecular formula is C64H110NO8+. The van der Waals surface area contributed by atoms with Gasteiger partial charge in [-0.05, 0) is 96.3 Å². The number of carbonyl (C=O) groups excluding carboxylic acids is 2. The first kappa shape index (κ1) is 69.2. The Labute approximate surface area is 448 Å². The summed E-state index contributed by atoms with van der Waals surface area (Å²) in [5.41, 5.74) is 0. The fourth-order valence-corrected chi connectivity index (χ4v) is 7.81. The molecule has 0 saturated carbocycles. The molecule has 0 amide bonds. The molecule has 0 fully saturated rings. The Hall–Kier alpha value is -3.79. The zero-order chi connectivity index (χ0) is 53.4. The zero-order valence-electron chi connectivity index (χ0n) is 47.5. The molecule has 0 bridgehead atoms. The van der Waals surface area contributed by atoms with E-state index in [2.05, 4.69) is 111 Å². The van der Waals surface area contributed by atoms with Gasteiger partial charge in [0.2, 0.25) is 0 Å². The number of likely N-dealkylation sites (N-methyl/N-ethyl adjacent to an activating group) is 1. The fraction of sp³-hybridized carbons (Fsp3) is 0.703. The number of unbranched alkanes of at least 4 members (excludes halogenated alkanes) is 22. The molecule has 0 aromatic heterocycles. The van der Waals surface area contributed by atoms with Crippen molar-refractivity contribution in [3.63, 3.8) is 0 Å². The number of carboxylic acids is 1. The predicted octanol–water partition coefficient (Wildman–Crippen LogP) is 17.3. The van der Waals surface area contributed by atoms with Gasteiger partial charge in [-0.15, -0.1) is 0 Å². The van der Waals surface area contributed by atoms with E-state index in [0.717, 1.165) is 83.5 Å². The molecule has 0 saturated heterocycles. The second kappa shape index (κ2) is 54.5. The number of nitrogens with zero attached hydrogens (tertiary/aromatic N) is 1. The highest BCUT2D eigenvalue weighted by Crippen LogP contribution is 2.15. The lowest BCUT2D eigenvalue weighted by Crippen LogP contribution is -2.40. The van der Waals surface area contributed by atoms with Gasteiger partial charge in [-0.1, -0.05) is 220 Å². The van der Waals surface area contributed by atoms with Crippen molar-refractivity contribution in [2.24, 2.45) is 0 Å². The standard InChI is InChI=1S/C64H109NO8/c1-6-8-10-12-14-16-18-20-22-24-26-27-28-29-30-31-32-33-34-35-37-38-40-42-44-46-48-50-52-54-61(66)71-58-60(59-72-64(63(68)69)70-57-56-65(3,4)5)73-62(67)55-53-51-49-47-45-43-41-39-36-25-23-21-19-17-15-13-11-9-7-2/h9,11,15,17-18,20-21,23-24,26,28-29,36,39,43,45,60,64H,6-8,10,12-14,16,19,22,25,27,30-35,37-38,40-42,44,46-59H2,1-5H3/p+1/b11-9-,17-15-,20-18-,23-21-,26-24-,29-28-,39-36-,45-43-. The first-order valence-corrected chi connectivity index (χ1v) is 29.4. The van der Waals surface area contributed by atoms with Crippen molar-refractivity contribution < 1.29 is 42.9 Å². The molecule has 0 radical (unpaired) electrons. The van der Waals surface area contributed by atoms with E-state index in [9.17, 15) is 19.5 Å². The quantitative estimate of drug-likeness (QED) is 0.0211. The molecular weight excluding hydrogens is 911 g/mol. The SMILES string of the molecule is CC/C=C\C/C=C\C/C=C\C/C=C\C/C=C\CCCCCC(=O)OC(COC(=O)CCCCCCCCCCCCCCCC/C=C\C/C=C\C/C=C\CCCCCCC)COC(OCC[N+](C)(C)C)C(=O)O. The van der Waals surface area contributed by atoms with Gasteiger partial charge in [0.05, 0.1) is 34.4 Å². The molecule has 0 rings (SSSR count). The topological polar surface area (TPSA) is 108 Å². The van der Waals surface area contributed by atoms with Crippen LogP contribution < -0.4 is 0 Å². The minimum absolute atomic E-state index is 0.176. The lowest BCUT2D eigenvalue weighted by atomic mass is 10.0. The van der Waals surface area contributed by atoms with E-state index < -0.39 is 24.3 Å². The minimum Gasteiger partial charge on any atom is -0.477 e. The van der Waals surface area contributed by atoms with E-state index in [0.29, 0.717) is 17.4 Å². The summed E-state index contributed by atoms with van der Waals surface area (Å²) < 4.78 is 22.8. The molecule has 0 aliphatic rings. The number of esters is 2. The number of rotatable bonds is 53. The first-order chi connectivity index (χ1) is 35.6. The molecule has 9 nitrogen and oxygen atoms in total. The van der Waals surface area contributed by atoms with Crippen molar-refractivity contribution in [3.8, 4) is 0 Å². The van der Waals surface area contributed by atoms with E-state index in [4.69, 9.17) is 18.9 Å². The van der Waals surface area contributed by atoms with Crippen molar-refractivity contribution in [1.82, 2.24) is 0 Å². The van der Waals surface area contributed by atoms with Crippen molar-refractivity contribution in [3.05, 3.63) is 97.2 Å². The van der Waals surface area contributed by atoms with Crippen LogP contribution in [-0.4, -0.2) is 87.4 Å². The number of carboxylic acid groups (broad SMARTS) is 1. The number of hydrogen-bond donors (Lipinski definition) is 1. The van der Waals surface area contributed by atoms with Crippen molar-refractivity contribution >= 4 is 17.9 Å². The third-order valence-corrected chi connectivity index (χ3v) is 12.3. The predicted molar refractivity (Wildman–Crippen MR) is 309 cm³/mol. The van der Waals surface area contributed by atoms with Crippen LogP contribution in [0, 0.1) is 0 Å². The fourth-order valence-electron chi connectivity index (χ4n) is 7.81. The van der Waals surface area contributed by atoms with Crippen LogP contribution in [0.25, 0.3) is 0 Å². The van der Waals surface area contributed by atoms with Crippen LogP contribution in [0.2, 0.25) is 0 Å². The molecule has 1 N–H and O–H groups in total. The average Bonchev–Trinajstić information content (AvgIpc) is 3.36. The molecule has 0 aromatic carbocycles. The Morgan fingerprint density at radius 2 is 0.781 bits per heavy atom. The first-order valence-electron chi connectivity index (χ1n) is 29.4. The Morgan fingerprint density at radius 1 is 0.425 bits per heavy atom. The number of hydrogen-bond acceptors (Lipinski definition) is 7. The van der Waals surface area contributed by atoms with Crippen molar-refractivity contribution in [1.29, 1.82) is 0 Å².